The molecule has 0 aliphatic rings. The quantitative estimate of drug-likeness (QED) is 0.466. The highest BCUT2D eigenvalue weighted by molar-refractivity contribution is 5.94. The second kappa shape index (κ2) is 11.5. The van der Waals surface area contributed by atoms with Gasteiger partial charge in [0.05, 0.1) is 0 Å². The SMILES string of the molecule is CCNC(=O)c1ccc(CNC(=NC)NCCN(C(C)C)C(C)C)cc1. The Morgan fingerprint density at radius 1 is 1.04 bits per heavy atom. The van der Waals surface area contributed by atoms with Gasteiger partial charge in [-0.3, -0.25) is 14.7 Å². The molecule has 1 aromatic rings. The molecule has 1 rings (SSSR count). The summed E-state index contributed by atoms with van der Waals surface area (Å²) in [6.07, 6.45) is 0. The second-order valence-electron chi connectivity index (χ2n) is 6.83. The third-order valence-corrected chi connectivity index (χ3v) is 4.23. The molecule has 0 aliphatic carbocycles. The van der Waals surface area contributed by atoms with Crippen LogP contribution in [0.4, 0.5) is 0 Å². The fraction of sp³-hybridized carbons (Fsp3) is 0.600. The van der Waals surface area contributed by atoms with Crippen LogP contribution < -0.4 is 16.0 Å². The van der Waals surface area contributed by atoms with Crippen molar-refractivity contribution in [3.8, 4) is 0 Å². The van der Waals surface area contributed by atoms with Crippen LogP contribution in [-0.4, -0.2) is 55.5 Å². The van der Waals surface area contributed by atoms with E-state index in [9.17, 15) is 4.79 Å². The van der Waals surface area contributed by atoms with E-state index in [1.54, 1.807) is 7.05 Å². The molecule has 0 spiro atoms. The van der Waals surface area contributed by atoms with Gasteiger partial charge in [0.2, 0.25) is 0 Å². The predicted molar refractivity (Wildman–Crippen MR) is 110 cm³/mol. The highest BCUT2D eigenvalue weighted by atomic mass is 16.1. The van der Waals surface area contributed by atoms with Crippen LogP contribution in [0.3, 0.4) is 0 Å². The molecule has 1 amide bonds. The van der Waals surface area contributed by atoms with Crippen LogP contribution in [0.5, 0.6) is 0 Å². The number of nitrogens with one attached hydrogen (secondary N) is 3. The molecule has 6 heteroatoms. The van der Waals surface area contributed by atoms with Crippen molar-refractivity contribution in [2.45, 2.75) is 53.2 Å². The first kappa shape index (κ1) is 22.0. The summed E-state index contributed by atoms with van der Waals surface area (Å²) in [6, 6.07) is 8.67. The van der Waals surface area contributed by atoms with E-state index >= 15 is 0 Å². The van der Waals surface area contributed by atoms with E-state index in [0.29, 0.717) is 30.7 Å². The molecule has 3 N–H and O–H groups in total. The molecule has 0 heterocycles. The van der Waals surface area contributed by atoms with Gasteiger partial charge in [0, 0.05) is 50.9 Å². The topological polar surface area (TPSA) is 68.8 Å². The number of amides is 1. The summed E-state index contributed by atoms with van der Waals surface area (Å²) < 4.78 is 0. The Hall–Kier alpha value is -2.08. The highest BCUT2D eigenvalue weighted by Gasteiger charge is 2.12. The van der Waals surface area contributed by atoms with Gasteiger partial charge in [-0.25, -0.2) is 0 Å². The average molecular weight is 362 g/mol. The molecule has 0 radical (unpaired) electrons. The maximum absolute atomic E-state index is 11.8. The van der Waals surface area contributed by atoms with E-state index in [1.807, 2.05) is 31.2 Å². The van der Waals surface area contributed by atoms with E-state index in [1.165, 1.54) is 0 Å². The lowest BCUT2D eigenvalue weighted by molar-refractivity contribution is 0.0956. The molecular formula is C20H35N5O. The molecule has 0 unspecified atom stereocenters. The van der Waals surface area contributed by atoms with Crippen LogP contribution in [0, 0.1) is 0 Å². The number of guanidine groups is 1. The van der Waals surface area contributed by atoms with Gasteiger partial charge in [0.1, 0.15) is 0 Å². The van der Waals surface area contributed by atoms with Crippen molar-refractivity contribution in [1.82, 2.24) is 20.9 Å². The first-order valence-corrected chi connectivity index (χ1v) is 9.46. The summed E-state index contributed by atoms with van der Waals surface area (Å²) >= 11 is 0. The Kier molecular flexibility index (Phi) is 9.73. The average Bonchev–Trinajstić information content (AvgIpc) is 2.61. The standard InChI is InChI=1S/C20H35N5O/c1-7-22-19(26)18-10-8-17(9-11-18)14-24-20(21-6)23-12-13-25(15(2)3)16(4)5/h8-11,15-16H,7,12-14H2,1-6H3,(H,22,26)(H2,21,23,24). The molecule has 0 fully saturated rings. The molecule has 1 aromatic carbocycles. The Bertz CT molecular complexity index is 558. The van der Waals surface area contributed by atoms with Crippen LogP contribution in [0.2, 0.25) is 0 Å². The van der Waals surface area contributed by atoms with E-state index in [-0.39, 0.29) is 5.91 Å². The number of nitrogens with zero attached hydrogens (tertiary/aromatic N) is 2. The predicted octanol–water partition coefficient (Wildman–Crippen LogP) is 2.22. The minimum atomic E-state index is -0.0376. The second-order valence-corrected chi connectivity index (χ2v) is 6.83. The number of benzene rings is 1. The fourth-order valence-corrected chi connectivity index (χ4v) is 2.86. The molecule has 0 bridgehead atoms. The van der Waals surface area contributed by atoms with Crippen molar-refractivity contribution in [1.29, 1.82) is 0 Å². The van der Waals surface area contributed by atoms with Gasteiger partial charge in [-0.05, 0) is 52.3 Å². The van der Waals surface area contributed by atoms with Crippen molar-refractivity contribution in [3.63, 3.8) is 0 Å². The summed E-state index contributed by atoms with van der Waals surface area (Å²) in [6.45, 7) is 13.9. The maximum Gasteiger partial charge on any atom is 0.251 e. The first-order valence-electron chi connectivity index (χ1n) is 9.46. The van der Waals surface area contributed by atoms with Crippen LogP contribution in [-0.2, 0) is 6.54 Å². The van der Waals surface area contributed by atoms with Crippen molar-refractivity contribution in [2.24, 2.45) is 4.99 Å². The van der Waals surface area contributed by atoms with Gasteiger partial charge in [-0.15, -0.1) is 0 Å². The number of aliphatic imine (C=N–C) groups is 1. The van der Waals surface area contributed by atoms with E-state index in [4.69, 9.17) is 0 Å². The van der Waals surface area contributed by atoms with Crippen LogP contribution >= 0.6 is 0 Å². The van der Waals surface area contributed by atoms with Gasteiger partial charge in [0.25, 0.3) is 5.91 Å². The third kappa shape index (κ3) is 7.44. The zero-order valence-corrected chi connectivity index (χ0v) is 17.1. The van der Waals surface area contributed by atoms with Crippen molar-refractivity contribution in [3.05, 3.63) is 35.4 Å². The zero-order valence-electron chi connectivity index (χ0n) is 17.1. The van der Waals surface area contributed by atoms with E-state index in [0.717, 1.165) is 24.6 Å². The summed E-state index contributed by atoms with van der Waals surface area (Å²) in [7, 11) is 1.77. The van der Waals surface area contributed by atoms with Gasteiger partial charge < -0.3 is 16.0 Å². The Labute approximate surface area is 158 Å². The smallest absolute Gasteiger partial charge is 0.251 e. The largest absolute Gasteiger partial charge is 0.355 e. The van der Waals surface area contributed by atoms with E-state index in [2.05, 4.69) is 53.5 Å². The third-order valence-electron chi connectivity index (χ3n) is 4.23. The Morgan fingerprint density at radius 2 is 1.65 bits per heavy atom. The van der Waals surface area contributed by atoms with E-state index < -0.39 is 0 Å². The van der Waals surface area contributed by atoms with Crippen molar-refractivity contribution < 1.29 is 4.79 Å². The maximum atomic E-state index is 11.8. The number of hydrogen-bond donors (Lipinski definition) is 3. The normalized spacial score (nSPS) is 12.0. The molecule has 0 aromatic heterocycles. The molecule has 26 heavy (non-hydrogen) atoms. The monoisotopic (exact) mass is 361 g/mol. The Balaban J connectivity index is 2.45. The summed E-state index contributed by atoms with van der Waals surface area (Å²) in [5.41, 5.74) is 1.78. The molecule has 0 saturated heterocycles. The van der Waals surface area contributed by atoms with Gasteiger partial charge in [0.15, 0.2) is 5.96 Å². The number of rotatable bonds is 9. The molecule has 0 aliphatic heterocycles. The van der Waals surface area contributed by atoms with Gasteiger partial charge in [-0.1, -0.05) is 12.1 Å². The summed E-state index contributed by atoms with van der Waals surface area (Å²) in [4.78, 5) is 18.5. The van der Waals surface area contributed by atoms with Crippen LogP contribution in [0.25, 0.3) is 0 Å². The highest BCUT2D eigenvalue weighted by Crippen LogP contribution is 2.05. The molecule has 0 atom stereocenters. The van der Waals surface area contributed by atoms with Crippen LogP contribution in [0.15, 0.2) is 29.3 Å². The molecular weight excluding hydrogens is 326 g/mol. The van der Waals surface area contributed by atoms with Crippen molar-refractivity contribution in [2.75, 3.05) is 26.7 Å². The molecule has 146 valence electrons. The van der Waals surface area contributed by atoms with Crippen molar-refractivity contribution >= 4 is 11.9 Å². The fourth-order valence-electron chi connectivity index (χ4n) is 2.86. The lowest BCUT2D eigenvalue weighted by Crippen LogP contribution is -2.45. The lowest BCUT2D eigenvalue weighted by atomic mass is 10.1. The molecule has 0 saturated carbocycles. The van der Waals surface area contributed by atoms with Crippen LogP contribution in [0.1, 0.15) is 50.5 Å². The first-order chi connectivity index (χ1) is 12.4. The minimum absolute atomic E-state index is 0.0376. The zero-order chi connectivity index (χ0) is 19.5. The number of carbonyl (C=O) groups is 1. The molecule has 6 nitrogen and oxygen atoms in total. The lowest BCUT2D eigenvalue weighted by Gasteiger charge is -2.30. The summed E-state index contributed by atoms with van der Waals surface area (Å²) in [5.74, 6) is 0.745. The summed E-state index contributed by atoms with van der Waals surface area (Å²) in [5, 5.41) is 9.47. The number of carbonyl (C=O) groups excluding carboxylic acids is 1. The van der Waals surface area contributed by atoms with Gasteiger partial charge in [-0.2, -0.15) is 0 Å². The minimum Gasteiger partial charge on any atom is -0.355 e. The Morgan fingerprint density at radius 3 is 2.15 bits per heavy atom. The number of hydrogen-bond acceptors (Lipinski definition) is 3. The van der Waals surface area contributed by atoms with Gasteiger partial charge >= 0.3 is 0 Å².